The highest BCUT2D eigenvalue weighted by atomic mass is 19.4. The van der Waals surface area contributed by atoms with Gasteiger partial charge < -0.3 is 5.32 Å². The molecule has 0 spiro atoms. The van der Waals surface area contributed by atoms with Gasteiger partial charge in [0.15, 0.2) is 5.82 Å². The van der Waals surface area contributed by atoms with Gasteiger partial charge in [-0.1, -0.05) is 0 Å². The SMILES string of the molecule is O=c1[nH]ncc(N[C@H](CCCn2cnc3cc(-c4ncc(C(F)(F)F)cn4)c(F)cc3c2=O)C2CC2)c1C(F)(F)F. The molecule has 4 aromatic rings. The minimum Gasteiger partial charge on any atom is -0.380 e. The van der Waals surface area contributed by atoms with E-state index in [-0.39, 0.29) is 34.8 Å². The van der Waals surface area contributed by atoms with Gasteiger partial charge in [-0.15, -0.1) is 0 Å². The maximum atomic E-state index is 14.9. The molecule has 0 unspecified atom stereocenters. The number of fused-ring (bicyclic) bond motifs is 1. The van der Waals surface area contributed by atoms with Crippen LogP contribution in [0.3, 0.4) is 0 Å². The van der Waals surface area contributed by atoms with E-state index in [4.69, 9.17) is 0 Å². The van der Waals surface area contributed by atoms with Crippen molar-refractivity contribution >= 4 is 16.6 Å². The van der Waals surface area contributed by atoms with E-state index in [1.807, 2.05) is 0 Å². The van der Waals surface area contributed by atoms with Gasteiger partial charge in [-0.2, -0.15) is 31.4 Å². The highest BCUT2D eigenvalue weighted by molar-refractivity contribution is 5.82. The molecule has 1 saturated carbocycles. The van der Waals surface area contributed by atoms with Crippen molar-refractivity contribution in [3.63, 3.8) is 0 Å². The number of aryl methyl sites for hydroxylation is 1. The second kappa shape index (κ2) is 10.6. The summed E-state index contributed by atoms with van der Waals surface area (Å²) in [5.74, 6) is -1.16. The minimum absolute atomic E-state index is 0.0742. The van der Waals surface area contributed by atoms with Crippen LogP contribution in [0, 0.1) is 11.7 Å². The van der Waals surface area contributed by atoms with E-state index in [1.165, 1.54) is 17.0 Å². The Hall–Kier alpha value is -4.37. The van der Waals surface area contributed by atoms with Crippen molar-refractivity contribution in [3.05, 3.63) is 74.7 Å². The molecule has 3 aromatic heterocycles. The number of alkyl halides is 6. The van der Waals surface area contributed by atoms with Crippen LogP contribution >= 0.6 is 0 Å². The number of rotatable bonds is 8. The van der Waals surface area contributed by atoms with Crippen LogP contribution in [0.2, 0.25) is 0 Å². The molecule has 216 valence electrons. The molecule has 3 heterocycles. The summed E-state index contributed by atoms with van der Waals surface area (Å²) in [6.45, 7) is 0.123. The third-order valence-corrected chi connectivity index (χ3v) is 6.72. The van der Waals surface area contributed by atoms with Crippen LogP contribution in [-0.4, -0.2) is 35.8 Å². The Bertz CT molecular complexity index is 1690. The number of hydrogen-bond acceptors (Lipinski definition) is 7. The van der Waals surface area contributed by atoms with Crippen molar-refractivity contribution < 1.29 is 30.7 Å². The van der Waals surface area contributed by atoms with Gasteiger partial charge in [0.2, 0.25) is 0 Å². The lowest BCUT2D eigenvalue weighted by Gasteiger charge is -2.21. The number of aromatic nitrogens is 6. The number of nitrogens with one attached hydrogen (secondary N) is 2. The fraction of sp³-hybridized carbons (Fsp3) is 0.360. The summed E-state index contributed by atoms with van der Waals surface area (Å²) in [4.78, 5) is 36.1. The predicted molar refractivity (Wildman–Crippen MR) is 131 cm³/mol. The van der Waals surface area contributed by atoms with Gasteiger partial charge in [0, 0.05) is 25.0 Å². The summed E-state index contributed by atoms with van der Waals surface area (Å²) in [7, 11) is 0. The third-order valence-electron chi connectivity index (χ3n) is 6.72. The van der Waals surface area contributed by atoms with Crippen LogP contribution in [0.15, 0.2) is 46.6 Å². The van der Waals surface area contributed by atoms with E-state index >= 15 is 0 Å². The fourth-order valence-corrected chi connectivity index (χ4v) is 4.52. The molecule has 0 radical (unpaired) electrons. The summed E-state index contributed by atoms with van der Waals surface area (Å²) in [6, 6.07) is 1.66. The smallest absolute Gasteiger partial charge is 0.380 e. The van der Waals surface area contributed by atoms with Crippen molar-refractivity contribution in [1.29, 1.82) is 0 Å². The average molecular weight is 583 g/mol. The molecule has 0 amide bonds. The van der Waals surface area contributed by atoms with Crippen molar-refractivity contribution in [2.45, 2.75) is 50.6 Å². The van der Waals surface area contributed by atoms with Crippen molar-refractivity contribution in [2.75, 3.05) is 5.32 Å². The Balaban J connectivity index is 1.32. The number of H-pyrrole nitrogens is 1. The van der Waals surface area contributed by atoms with Crippen molar-refractivity contribution in [2.24, 2.45) is 5.92 Å². The Kier molecular flexibility index (Phi) is 7.25. The summed E-state index contributed by atoms with van der Waals surface area (Å²) < 4.78 is 94.7. The standard InChI is InChI=1S/C25H20F7N7O2/c26-16-6-15-18(7-14(16)21-33-8-13(9-34-21)24(27,28)29)35-11-39(23(15)41)5-1-2-17(12-3-4-12)37-19-10-36-38-22(40)20(19)25(30,31)32/h6-12,17H,1-5H2,(H2,37,38,40)/t17-/m1/s1. The lowest BCUT2D eigenvalue weighted by Crippen LogP contribution is -2.30. The molecular formula is C25H20F7N7O2. The van der Waals surface area contributed by atoms with Gasteiger partial charge in [-0.25, -0.2) is 24.4 Å². The van der Waals surface area contributed by atoms with Gasteiger partial charge in [0.05, 0.1) is 40.2 Å². The maximum Gasteiger partial charge on any atom is 0.423 e. The predicted octanol–water partition coefficient (Wildman–Crippen LogP) is 4.78. The molecule has 0 aliphatic heterocycles. The lowest BCUT2D eigenvalue weighted by molar-refractivity contribution is -0.139. The highest BCUT2D eigenvalue weighted by Crippen LogP contribution is 2.38. The number of hydrogen-bond donors (Lipinski definition) is 2. The van der Waals surface area contributed by atoms with E-state index in [9.17, 15) is 40.3 Å². The zero-order chi connectivity index (χ0) is 29.5. The summed E-state index contributed by atoms with van der Waals surface area (Å²) in [5, 5.41) is 7.98. The van der Waals surface area contributed by atoms with Crippen LogP contribution < -0.4 is 16.4 Å². The Morgan fingerprint density at radius 3 is 2.34 bits per heavy atom. The molecule has 9 nitrogen and oxygen atoms in total. The Morgan fingerprint density at radius 1 is 1.00 bits per heavy atom. The molecule has 1 aliphatic rings. The number of aromatic amines is 1. The quantitative estimate of drug-likeness (QED) is 0.287. The molecule has 1 atom stereocenters. The summed E-state index contributed by atoms with van der Waals surface area (Å²) in [6.07, 6.45) is -4.07. The first-order valence-corrected chi connectivity index (χ1v) is 12.3. The van der Waals surface area contributed by atoms with Crippen LogP contribution in [0.1, 0.15) is 36.8 Å². The first kappa shape index (κ1) is 28.2. The van der Waals surface area contributed by atoms with Crippen LogP contribution in [0.4, 0.5) is 36.4 Å². The molecule has 0 saturated heterocycles. The summed E-state index contributed by atoms with van der Waals surface area (Å²) in [5.41, 5.74) is -4.99. The molecule has 2 N–H and O–H groups in total. The monoisotopic (exact) mass is 583 g/mol. The fourth-order valence-electron chi connectivity index (χ4n) is 4.52. The van der Waals surface area contributed by atoms with Crippen LogP contribution in [0.5, 0.6) is 0 Å². The summed E-state index contributed by atoms with van der Waals surface area (Å²) >= 11 is 0. The average Bonchev–Trinajstić information content (AvgIpc) is 3.74. The number of halogens is 7. The second-order valence-electron chi connectivity index (χ2n) is 9.60. The molecular weight excluding hydrogens is 563 g/mol. The van der Waals surface area contributed by atoms with Crippen LogP contribution in [0.25, 0.3) is 22.3 Å². The minimum atomic E-state index is -4.88. The maximum absolute atomic E-state index is 14.9. The highest BCUT2D eigenvalue weighted by Gasteiger charge is 2.39. The molecule has 1 aliphatic carbocycles. The number of anilines is 1. The first-order chi connectivity index (χ1) is 19.3. The van der Waals surface area contributed by atoms with Gasteiger partial charge in [-0.05, 0) is 43.7 Å². The topological polar surface area (TPSA) is 118 Å². The van der Waals surface area contributed by atoms with E-state index in [2.05, 4.69) is 25.4 Å². The molecule has 0 bridgehead atoms. The third kappa shape index (κ3) is 6.05. The molecule has 1 fully saturated rings. The molecule has 1 aromatic carbocycles. The second-order valence-corrected chi connectivity index (χ2v) is 9.60. The molecule has 41 heavy (non-hydrogen) atoms. The van der Waals surface area contributed by atoms with Gasteiger partial charge >= 0.3 is 12.4 Å². The van der Waals surface area contributed by atoms with Gasteiger partial charge in [0.1, 0.15) is 11.4 Å². The van der Waals surface area contributed by atoms with E-state index < -0.39 is 52.1 Å². The zero-order valence-corrected chi connectivity index (χ0v) is 20.9. The van der Waals surface area contributed by atoms with E-state index in [0.717, 1.165) is 25.1 Å². The molecule has 16 heteroatoms. The first-order valence-electron chi connectivity index (χ1n) is 12.3. The van der Waals surface area contributed by atoms with E-state index in [1.54, 1.807) is 5.10 Å². The molecule has 5 rings (SSSR count). The lowest BCUT2D eigenvalue weighted by atomic mass is 10.1. The van der Waals surface area contributed by atoms with E-state index in [0.29, 0.717) is 25.2 Å². The number of nitrogens with zero attached hydrogens (tertiary/aromatic N) is 5. The van der Waals surface area contributed by atoms with Crippen molar-refractivity contribution in [1.82, 2.24) is 29.7 Å². The van der Waals surface area contributed by atoms with Crippen molar-refractivity contribution in [3.8, 4) is 11.4 Å². The Morgan fingerprint density at radius 2 is 1.71 bits per heavy atom. The van der Waals surface area contributed by atoms with Crippen LogP contribution in [-0.2, 0) is 18.9 Å². The van der Waals surface area contributed by atoms with Gasteiger partial charge in [-0.3, -0.25) is 14.2 Å². The normalized spacial score (nSPS) is 14.8. The van der Waals surface area contributed by atoms with Gasteiger partial charge in [0.25, 0.3) is 11.1 Å². The largest absolute Gasteiger partial charge is 0.423 e. The number of benzene rings is 1. The Labute approximate surface area is 225 Å². The zero-order valence-electron chi connectivity index (χ0n) is 20.9.